The van der Waals surface area contributed by atoms with Gasteiger partial charge in [-0.15, -0.1) is 11.3 Å². The number of nitrogens with one attached hydrogen (secondary N) is 2. The van der Waals surface area contributed by atoms with Crippen LogP contribution in [0.1, 0.15) is 0 Å². The summed E-state index contributed by atoms with van der Waals surface area (Å²) in [5.74, 6) is 1.13. The van der Waals surface area contributed by atoms with Gasteiger partial charge in [-0.25, -0.2) is 4.98 Å². The van der Waals surface area contributed by atoms with Gasteiger partial charge >= 0.3 is 0 Å². The van der Waals surface area contributed by atoms with Gasteiger partial charge in [0, 0.05) is 7.05 Å². The maximum atomic E-state index is 9.06. The fraction of sp³-hybridized carbons (Fsp3) is 0.400. The zero-order chi connectivity index (χ0) is 12.3. The summed E-state index contributed by atoms with van der Waals surface area (Å²) in [7, 11) is 1.74. The van der Waals surface area contributed by atoms with Crippen LogP contribution in [0.2, 0.25) is 0 Å². The van der Waals surface area contributed by atoms with Crippen molar-refractivity contribution >= 4 is 33.3 Å². The van der Waals surface area contributed by atoms with Crippen molar-refractivity contribution in [2.45, 2.75) is 6.04 Å². The Labute approximate surface area is 102 Å². The number of thiophene rings is 1. The maximum Gasteiger partial charge on any atom is 0.225 e. The Morgan fingerprint density at radius 2 is 2.12 bits per heavy atom. The lowest BCUT2D eigenvalue weighted by Gasteiger charge is -2.15. The quantitative estimate of drug-likeness (QED) is 0.621. The van der Waals surface area contributed by atoms with E-state index in [0.717, 1.165) is 10.2 Å². The smallest absolute Gasteiger partial charge is 0.225 e. The first kappa shape index (κ1) is 12.0. The Kier molecular flexibility index (Phi) is 3.72. The van der Waals surface area contributed by atoms with E-state index in [-0.39, 0.29) is 13.2 Å². The molecule has 0 atom stereocenters. The minimum atomic E-state index is -0.419. The van der Waals surface area contributed by atoms with Crippen molar-refractivity contribution in [3.05, 3.63) is 11.4 Å². The molecule has 7 heteroatoms. The van der Waals surface area contributed by atoms with Crippen LogP contribution >= 0.6 is 11.3 Å². The zero-order valence-electron chi connectivity index (χ0n) is 9.34. The third kappa shape index (κ3) is 2.46. The van der Waals surface area contributed by atoms with Crippen molar-refractivity contribution in [1.29, 1.82) is 0 Å². The van der Waals surface area contributed by atoms with Crippen molar-refractivity contribution in [3.8, 4) is 0 Å². The van der Waals surface area contributed by atoms with Crippen LogP contribution in [-0.4, -0.2) is 46.5 Å². The highest BCUT2D eigenvalue weighted by molar-refractivity contribution is 7.16. The molecule has 0 saturated carbocycles. The number of hydrogen-bond acceptors (Lipinski definition) is 7. The second-order valence-electron chi connectivity index (χ2n) is 3.49. The molecule has 6 nitrogen and oxygen atoms in total. The van der Waals surface area contributed by atoms with Crippen molar-refractivity contribution < 1.29 is 10.2 Å². The van der Waals surface area contributed by atoms with Gasteiger partial charge < -0.3 is 20.8 Å². The highest BCUT2D eigenvalue weighted by Crippen LogP contribution is 2.26. The largest absolute Gasteiger partial charge is 0.394 e. The molecule has 17 heavy (non-hydrogen) atoms. The lowest BCUT2D eigenvalue weighted by atomic mass is 10.3. The molecule has 0 radical (unpaired) electrons. The highest BCUT2D eigenvalue weighted by atomic mass is 32.1. The third-order valence-electron chi connectivity index (χ3n) is 2.33. The SMILES string of the molecule is CNc1nc(NC(CO)CO)c2ccsc2n1. The fourth-order valence-corrected chi connectivity index (χ4v) is 2.18. The van der Waals surface area contributed by atoms with Crippen molar-refractivity contribution in [2.24, 2.45) is 0 Å². The number of hydrogen-bond donors (Lipinski definition) is 4. The van der Waals surface area contributed by atoms with E-state index in [1.807, 2.05) is 11.4 Å². The molecule has 2 rings (SSSR count). The first-order valence-corrected chi connectivity index (χ1v) is 6.07. The monoisotopic (exact) mass is 254 g/mol. The lowest BCUT2D eigenvalue weighted by molar-refractivity contribution is 0.203. The Balaban J connectivity index is 2.39. The second kappa shape index (κ2) is 5.26. The molecule has 0 aliphatic carbocycles. The molecule has 0 aromatic carbocycles. The van der Waals surface area contributed by atoms with Crippen LogP contribution in [0.5, 0.6) is 0 Å². The van der Waals surface area contributed by atoms with Crippen LogP contribution in [-0.2, 0) is 0 Å². The third-order valence-corrected chi connectivity index (χ3v) is 3.14. The normalized spacial score (nSPS) is 11.1. The van der Waals surface area contributed by atoms with E-state index in [1.165, 1.54) is 11.3 Å². The summed E-state index contributed by atoms with van der Waals surface area (Å²) in [6, 6.07) is 1.49. The molecule has 0 aliphatic heterocycles. The van der Waals surface area contributed by atoms with Gasteiger partial charge in [0.05, 0.1) is 24.6 Å². The fourth-order valence-electron chi connectivity index (χ4n) is 1.42. The van der Waals surface area contributed by atoms with Gasteiger partial charge in [0.2, 0.25) is 5.95 Å². The van der Waals surface area contributed by atoms with Gasteiger partial charge in [-0.05, 0) is 11.4 Å². The molecule has 4 N–H and O–H groups in total. The predicted molar refractivity (Wildman–Crippen MR) is 68.5 cm³/mol. The highest BCUT2D eigenvalue weighted by Gasteiger charge is 2.12. The number of fused-ring (bicyclic) bond motifs is 1. The van der Waals surface area contributed by atoms with Crippen LogP contribution < -0.4 is 10.6 Å². The molecular formula is C10H14N4O2S. The summed E-state index contributed by atoms with van der Waals surface area (Å²) in [4.78, 5) is 9.45. The second-order valence-corrected chi connectivity index (χ2v) is 4.39. The van der Waals surface area contributed by atoms with Gasteiger partial charge in [-0.3, -0.25) is 0 Å². The number of nitrogens with zero attached hydrogens (tertiary/aromatic N) is 2. The van der Waals surface area contributed by atoms with Crippen LogP contribution in [0.25, 0.3) is 10.2 Å². The first-order valence-electron chi connectivity index (χ1n) is 5.19. The average Bonchev–Trinajstić information content (AvgIpc) is 2.83. The van der Waals surface area contributed by atoms with E-state index in [2.05, 4.69) is 20.6 Å². The Bertz CT molecular complexity index is 498. The van der Waals surface area contributed by atoms with Gasteiger partial charge in [-0.1, -0.05) is 0 Å². The van der Waals surface area contributed by atoms with E-state index >= 15 is 0 Å². The number of aliphatic hydroxyl groups excluding tert-OH is 2. The Morgan fingerprint density at radius 3 is 2.76 bits per heavy atom. The zero-order valence-corrected chi connectivity index (χ0v) is 10.2. The van der Waals surface area contributed by atoms with Crippen molar-refractivity contribution in [3.63, 3.8) is 0 Å². The van der Waals surface area contributed by atoms with Gasteiger partial charge in [0.25, 0.3) is 0 Å². The summed E-state index contributed by atoms with van der Waals surface area (Å²) in [6.07, 6.45) is 0. The number of aliphatic hydroxyl groups is 2. The van der Waals surface area contributed by atoms with E-state index < -0.39 is 6.04 Å². The Morgan fingerprint density at radius 1 is 1.35 bits per heavy atom. The first-order chi connectivity index (χ1) is 8.28. The maximum absolute atomic E-state index is 9.06. The molecule has 0 fully saturated rings. The number of aromatic nitrogens is 2. The number of anilines is 2. The summed E-state index contributed by atoms with van der Waals surface area (Å²) in [5.41, 5.74) is 0. The predicted octanol–water partition coefficient (Wildman–Crippen LogP) is 0.498. The summed E-state index contributed by atoms with van der Waals surface area (Å²) in [6.45, 7) is -0.304. The van der Waals surface area contributed by atoms with Gasteiger partial charge in [0.1, 0.15) is 10.6 Å². The van der Waals surface area contributed by atoms with Crippen molar-refractivity contribution in [2.75, 3.05) is 30.9 Å². The van der Waals surface area contributed by atoms with Gasteiger partial charge in [-0.2, -0.15) is 4.98 Å². The van der Waals surface area contributed by atoms with E-state index in [0.29, 0.717) is 11.8 Å². The molecule has 0 amide bonds. The van der Waals surface area contributed by atoms with Crippen LogP contribution in [0.15, 0.2) is 11.4 Å². The standard InChI is InChI=1S/C10H14N4O2S/c1-11-10-13-8(12-6(4-15)5-16)7-2-3-17-9(7)14-10/h2-3,6,15-16H,4-5H2,1H3,(H2,11,12,13,14). The topological polar surface area (TPSA) is 90.3 Å². The molecule has 92 valence electrons. The van der Waals surface area contributed by atoms with Crippen LogP contribution in [0.4, 0.5) is 11.8 Å². The van der Waals surface area contributed by atoms with Crippen molar-refractivity contribution in [1.82, 2.24) is 9.97 Å². The lowest BCUT2D eigenvalue weighted by Crippen LogP contribution is -2.28. The molecule has 2 aromatic rings. The minimum absolute atomic E-state index is 0.152. The molecule has 2 heterocycles. The van der Waals surface area contributed by atoms with E-state index in [9.17, 15) is 0 Å². The molecule has 0 saturated heterocycles. The molecular weight excluding hydrogens is 240 g/mol. The Hall–Kier alpha value is -1.44. The van der Waals surface area contributed by atoms with Crippen LogP contribution in [0.3, 0.4) is 0 Å². The molecule has 0 aliphatic rings. The van der Waals surface area contributed by atoms with E-state index in [1.54, 1.807) is 7.05 Å². The summed E-state index contributed by atoms with van der Waals surface area (Å²) < 4.78 is 0. The van der Waals surface area contributed by atoms with E-state index in [4.69, 9.17) is 10.2 Å². The van der Waals surface area contributed by atoms with Crippen LogP contribution in [0, 0.1) is 0 Å². The molecule has 0 spiro atoms. The van der Waals surface area contributed by atoms with Gasteiger partial charge in [0.15, 0.2) is 0 Å². The minimum Gasteiger partial charge on any atom is -0.394 e. The number of rotatable bonds is 5. The summed E-state index contributed by atoms with van der Waals surface area (Å²) in [5, 5.41) is 26.8. The molecule has 0 unspecified atom stereocenters. The molecule has 0 bridgehead atoms. The molecule has 2 aromatic heterocycles. The summed E-state index contributed by atoms with van der Waals surface area (Å²) >= 11 is 1.52. The average molecular weight is 254 g/mol.